The van der Waals surface area contributed by atoms with Crippen LogP contribution in [0.4, 0.5) is 0 Å². The van der Waals surface area contributed by atoms with Crippen LogP contribution in [0.1, 0.15) is 23.7 Å². The zero-order valence-electron chi connectivity index (χ0n) is 14.5. The number of hydrogen-bond acceptors (Lipinski definition) is 5. The van der Waals surface area contributed by atoms with Gasteiger partial charge in [0.2, 0.25) is 6.29 Å². The lowest BCUT2D eigenvalue weighted by Crippen LogP contribution is -2.32. The summed E-state index contributed by atoms with van der Waals surface area (Å²) < 4.78 is 17.5. The van der Waals surface area contributed by atoms with Crippen LogP contribution in [0.3, 0.4) is 0 Å². The van der Waals surface area contributed by atoms with Gasteiger partial charge in [0.25, 0.3) is 0 Å². The normalized spacial score (nSPS) is 20.9. The lowest BCUT2D eigenvalue weighted by Gasteiger charge is -2.31. The molecule has 0 amide bonds. The highest BCUT2D eigenvalue weighted by molar-refractivity contribution is 5.18. The van der Waals surface area contributed by atoms with Crippen molar-refractivity contribution in [2.24, 2.45) is 0 Å². The van der Waals surface area contributed by atoms with Crippen LogP contribution < -0.4 is 0 Å². The van der Waals surface area contributed by atoms with Gasteiger partial charge in [-0.1, -0.05) is 60.7 Å². The van der Waals surface area contributed by atoms with Gasteiger partial charge in [-0.25, -0.2) is 0 Å². The Morgan fingerprint density at radius 3 is 2.35 bits per heavy atom. The van der Waals surface area contributed by atoms with Crippen LogP contribution in [0.25, 0.3) is 0 Å². The minimum atomic E-state index is -0.597. The Morgan fingerprint density at radius 2 is 1.69 bits per heavy atom. The fourth-order valence-electron chi connectivity index (χ4n) is 2.87. The first-order valence-corrected chi connectivity index (χ1v) is 8.73. The van der Waals surface area contributed by atoms with E-state index in [0.29, 0.717) is 18.8 Å². The molecule has 0 saturated carbocycles. The van der Waals surface area contributed by atoms with Gasteiger partial charge in [-0.2, -0.15) is 0 Å². The number of benzene rings is 2. The van der Waals surface area contributed by atoms with Crippen molar-refractivity contribution in [2.75, 3.05) is 13.2 Å². The SMILES string of the molecule is OCC1=C[C@@H](OCc2ccccc2)C[C@@H](O[C@@H](CO)c2ccccc2)O1. The van der Waals surface area contributed by atoms with E-state index < -0.39 is 12.4 Å². The van der Waals surface area contributed by atoms with Gasteiger partial charge in [0.15, 0.2) is 0 Å². The maximum atomic E-state index is 9.68. The third-order valence-electron chi connectivity index (χ3n) is 4.20. The Labute approximate surface area is 153 Å². The summed E-state index contributed by atoms with van der Waals surface area (Å²) in [4.78, 5) is 0. The van der Waals surface area contributed by atoms with E-state index in [9.17, 15) is 10.2 Å². The minimum absolute atomic E-state index is 0.155. The molecule has 0 unspecified atom stereocenters. The van der Waals surface area contributed by atoms with Crippen molar-refractivity contribution in [3.63, 3.8) is 0 Å². The molecule has 0 bridgehead atoms. The zero-order valence-corrected chi connectivity index (χ0v) is 14.5. The lowest BCUT2D eigenvalue weighted by molar-refractivity contribution is -0.187. The van der Waals surface area contributed by atoms with E-state index >= 15 is 0 Å². The molecule has 2 aromatic rings. The second kappa shape index (κ2) is 9.50. The molecule has 2 aromatic carbocycles. The summed E-state index contributed by atoms with van der Waals surface area (Å²) in [5, 5.41) is 19.1. The smallest absolute Gasteiger partial charge is 0.203 e. The summed E-state index contributed by atoms with van der Waals surface area (Å²) in [5.41, 5.74) is 1.95. The van der Waals surface area contributed by atoms with Gasteiger partial charge in [-0.3, -0.25) is 0 Å². The molecule has 0 saturated heterocycles. The molecule has 26 heavy (non-hydrogen) atoms. The molecular formula is C21H24O5. The molecule has 0 fully saturated rings. The van der Waals surface area contributed by atoms with E-state index in [1.54, 1.807) is 6.08 Å². The van der Waals surface area contributed by atoms with E-state index in [1.165, 1.54) is 0 Å². The Kier molecular flexibility index (Phi) is 6.80. The highest BCUT2D eigenvalue weighted by Crippen LogP contribution is 2.27. The van der Waals surface area contributed by atoms with Crippen molar-refractivity contribution in [2.45, 2.75) is 31.5 Å². The summed E-state index contributed by atoms with van der Waals surface area (Å²) in [6.45, 7) is 0.0906. The molecule has 0 aliphatic carbocycles. The van der Waals surface area contributed by atoms with E-state index in [-0.39, 0.29) is 19.3 Å². The van der Waals surface area contributed by atoms with Crippen molar-refractivity contribution in [3.05, 3.63) is 83.6 Å². The van der Waals surface area contributed by atoms with Gasteiger partial charge in [-0.15, -0.1) is 0 Å². The fraction of sp³-hybridized carbons (Fsp3) is 0.333. The Morgan fingerprint density at radius 1 is 1.00 bits per heavy atom. The van der Waals surface area contributed by atoms with Crippen molar-refractivity contribution >= 4 is 0 Å². The molecule has 3 atom stereocenters. The van der Waals surface area contributed by atoms with Crippen LogP contribution in [-0.4, -0.2) is 35.8 Å². The quantitative estimate of drug-likeness (QED) is 0.761. The summed E-state index contributed by atoms with van der Waals surface area (Å²) in [7, 11) is 0. The molecule has 3 rings (SSSR count). The topological polar surface area (TPSA) is 68.2 Å². The minimum Gasteiger partial charge on any atom is -0.467 e. The second-order valence-electron chi connectivity index (χ2n) is 6.13. The summed E-state index contributed by atoms with van der Waals surface area (Å²) in [6.07, 6.45) is 0.944. The fourth-order valence-corrected chi connectivity index (χ4v) is 2.87. The van der Waals surface area contributed by atoms with Crippen molar-refractivity contribution in [3.8, 4) is 0 Å². The highest BCUT2D eigenvalue weighted by atomic mass is 16.7. The Balaban J connectivity index is 1.62. The van der Waals surface area contributed by atoms with E-state index in [2.05, 4.69) is 0 Å². The molecule has 0 spiro atoms. The molecule has 2 N–H and O–H groups in total. The molecule has 1 aliphatic rings. The summed E-state index contributed by atoms with van der Waals surface area (Å²) in [5.74, 6) is 0.420. The summed E-state index contributed by atoms with van der Waals surface area (Å²) >= 11 is 0. The van der Waals surface area contributed by atoms with E-state index in [4.69, 9.17) is 14.2 Å². The largest absolute Gasteiger partial charge is 0.467 e. The van der Waals surface area contributed by atoms with E-state index in [1.807, 2.05) is 60.7 Å². The molecule has 5 nitrogen and oxygen atoms in total. The van der Waals surface area contributed by atoms with Gasteiger partial charge in [0.05, 0.1) is 19.3 Å². The van der Waals surface area contributed by atoms with Crippen LogP contribution in [0.2, 0.25) is 0 Å². The van der Waals surface area contributed by atoms with Crippen LogP contribution in [0, 0.1) is 0 Å². The predicted octanol–water partition coefficient (Wildman–Crippen LogP) is 2.94. The number of aliphatic hydroxyl groups excluding tert-OH is 2. The maximum absolute atomic E-state index is 9.68. The van der Waals surface area contributed by atoms with Gasteiger partial charge in [0.1, 0.15) is 18.5 Å². The maximum Gasteiger partial charge on any atom is 0.203 e. The molecule has 1 heterocycles. The number of hydrogen-bond donors (Lipinski definition) is 2. The van der Waals surface area contributed by atoms with Crippen LogP contribution >= 0.6 is 0 Å². The van der Waals surface area contributed by atoms with Crippen LogP contribution in [-0.2, 0) is 20.8 Å². The van der Waals surface area contributed by atoms with E-state index in [0.717, 1.165) is 11.1 Å². The Hall–Kier alpha value is -2.18. The third kappa shape index (κ3) is 5.16. The molecule has 1 aliphatic heterocycles. The van der Waals surface area contributed by atoms with Gasteiger partial charge in [-0.05, 0) is 17.2 Å². The van der Waals surface area contributed by atoms with Gasteiger partial charge < -0.3 is 24.4 Å². The lowest BCUT2D eigenvalue weighted by atomic mass is 10.1. The molecule has 138 valence electrons. The first-order chi connectivity index (χ1) is 12.8. The van der Waals surface area contributed by atoms with Crippen LogP contribution in [0.5, 0.6) is 0 Å². The first-order valence-electron chi connectivity index (χ1n) is 8.73. The van der Waals surface area contributed by atoms with Crippen molar-refractivity contribution < 1.29 is 24.4 Å². The van der Waals surface area contributed by atoms with Crippen molar-refractivity contribution in [1.82, 2.24) is 0 Å². The number of rotatable bonds is 8. The number of ether oxygens (including phenoxy) is 3. The standard InChI is InChI=1S/C21H24O5/c22-13-19-11-18(24-15-16-7-3-1-4-8-16)12-21(25-19)26-20(14-23)17-9-5-2-6-10-17/h1-11,18,20-23H,12-15H2/t18-,20+,21-/m1/s1. The van der Waals surface area contributed by atoms with Crippen molar-refractivity contribution in [1.29, 1.82) is 0 Å². The molecular weight excluding hydrogens is 332 g/mol. The average molecular weight is 356 g/mol. The molecule has 5 heteroatoms. The monoisotopic (exact) mass is 356 g/mol. The molecule has 0 aromatic heterocycles. The zero-order chi connectivity index (χ0) is 18.2. The predicted molar refractivity (Wildman–Crippen MR) is 97.0 cm³/mol. The molecule has 0 radical (unpaired) electrons. The second-order valence-corrected chi connectivity index (χ2v) is 6.13. The highest BCUT2D eigenvalue weighted by Gasteiger charge is 2.27. The third-order valence-corrected chi connectivity index (χ3v) is 4.20. The van der Waals surface area contributed by atoms with Gasteiger partial charge in [0, 0.05) is 6.42 Å². The first kappa shape index (κ1) is 18.6. The average Bonchev–Trinajstić information content (AvgIpc) is 2.71. The Bertz CT molecular complexity index is 686. The number of aliphatic hydroxyl groups is 2. The van der Waals surface area contributed by atoms with Gasteiger partial charge >= 0.3 is 0 Å². The summed E-state index contributed by atoms with van der Waals surface area (Å²) in [6, 6.07) is 19.4. The van der Waals surface area contributed by atoms with Crippen LogP contribution in [0.15, 0.2) is 72.5 Å².